The zero-order valence-electron chi connectivity index (χ0n) is 10.3. The highest BCUT2D eigenvalue weighted by Gasteiger charge is 2.13. The summed E-state index contributed by atoms with van der Waals surface area (Å²) in [6.45, 7) is 6.06. The van der Waals surface area contributed by atoms with Crippen LogP contribution >= 0.6 is 0 Å². The van der Waals surface area contributed by atoms with Crippen LogP contribution < -0.4 is 0 Å². The first kappa shape index (κ1) is 12.8. The Morgan fingerprint density at radius 1 is 1.38 bits per heavy atom. The number of aryl methyl sites for hydroxylation is 1. The van der Waals surface area contributed by atoms with Crippen LogP contribution in [0.4, 0.5) is 0 Å². The lowest BCUT2D eigenvalue weighted by molar-refractivity contribution is -0.149. The molecule has 0 saturated heterocycles. The van der Waals surface area contributed by atoms with Gasteiger partial charge in [0.05, 0.1) is 0 Å². The molecule has 0 saturated carbocycles. The number of esters is 1. The Bertz CT molecular complexity index is 344. The molecule has 0 fully saturated rings. The molecule has 1 aromatic rings. The molecule has 0 heterocycles. The lowest BCUT2D eigenvalue weighted by Crippen LogP contribution is -2.10. The number of hydrogen-bond acceptors (Lipinski definition) is 2. The van der Waals surface area contributed by atoms with Crippen molar-refractivity contribution in [2.24, 2.45) is 0 Å². The van der Waals surface area contributed by atoms with E-state index in [2.05, 4.69) is 6.07 Å². The van der Waals surface area contributed by atoms with E-state index < -0.39 is 0 Å². The van der Waals surface area contributed by atoms with E-state index in [0.717, 1.165) is 18.4 Å². The molecule has 0 radical (unpaired) electrons. The molecule has 0 bridgehead atoms. The van der Waals surface area contributed by atoms with Crippen molar-refractivity contribution < 1.29 is 9.53 Å². The predicted octanol–water partition coefficient (Wildman–Crippen LogP) is 3.79. The Morgan fingerprint density at radius 3 is 2.69 bits per heavy atom. The van der Waals surface area contributed by atoms with Crippen LogP contribution in [0.25, 0.3) is 0 Å². The molecule has 0 spiro atoms. The van der Waals surface area contributed by atoms with Crippen molar-refractivity contribution >= 4 is 5.97 Å². The van der Waals surface area contributed by atoms with Gasteiger partial charge >= 0.3 is 5.97 Å². The molecule has 0 N–H and O–H groups in total. The van der Waals surface area contributed by atoms with E-state index in [1.165, 1.54) is 5.56 Å². The third-order valence-corrected chi connectivity index (χ3v) is 2.51. The Labute approximate surface area is 97.6 Å². The van der Waals surface area contributed by atoms with Crippen LogP contribution in [0.5, 0.6) is 0 Å². The number of benzene rings is 1. The van der Waals surface area contributed by atoms with E-state index in [9.17, 15) is 4.79 Å². The average molecular weight is 220 g/mol. The second-order valence-electron chi connectivity index (χ2n) is 4.05. The maximum Gasteiger partial charge on any atom is 0.306 e. The summed E-state index contributed by atoms with van der Waals surface area (Å²) in [6.07, 6.45) is 2.06. The molecule has 2 nitrogen and oxygen atoms in total. The van der Waals surface area contributed by atoms with E-state index in [1.54, 1.807) is 0 Å². The first-order chi connectivity index (χ1) is 7.67. The van der Waals surface area contributed by atoms with Crippen molar-refractivity contribution in [3.8, 4) is 0 Å². The SMILES string of the molecule is CCCC(=O)OC(CC)c1cccc(C)c1. The fourth-order valence-electron chi connectivity index (χ4n) is 1.68. The molecule has 0 aromatic heterocycles. The topological polar surface area (TPSA) is 26.3 Å². The third kappa shape index (κ3) is 3.69. The van der Waals surface area contributed by atoms with Crippen LogP contribution in [0.3, 0.4) is 0 Å². The lowest BCUT2D eigenvalue weighted by Gasteiger charge is -2.16. The maximum absolute atomic E-state index is 11.4. The normalized spacial score (nSPS) is 12.2. The molecule has 0 aliphatic carbocycles. The van der Waals surface area contributed by atoms with E-state index in [-0.39, 0.29) is 12.1 Å². The molecular formula is C14H20O2. The molecule has 1 unspecified atom stereocenters. The smallest absolute Gasteiger partial charge is 0.306 e. The molecule has 88 valence electrons. The number of ether oxygens (including phenoxy) is 1. The van der Waals surface area contributed by atoms with Crippen LogP contribution in [-0.4, -0.2) is 5.97 Å². The van der Waals surface area contributed by atoms with Gasteiger partial charge in [0, 0.05) is 6.42 Å². The van der Waals surface area contributed by atoms with Gasteiger partial charge < -0.3 is 4.74 Å². The zero-order chi connectivity index (χ0) is 12.0. The summed E-state index contributed by atoms with van der Waals surface area (Å²) in [7, 11) is 0. The fourth-order valence-corrected chi connectivity index (χ4v) is 1.68. The minimum Gasteiger partial charge on any atom is -0.457 e. The van der Waals surface area contributed by atoms with Gasteiger partial charge in [0.1, 0.15) is 6.10 Å². The summed E-state index contributed by atoms with van der Waals surface area (Å²) in [5.41, 5.74) is 2.29. The van der Waals surface area contributed by atoms with Gasteiger partial charge in [-0.2, -0.15) is 0 Å². The van der Waals surface area contributed by atoms with E-state index in [1.807, 2.05) is 39.0 Å². The van der Waals surface area contributed by atoms with Crippen molar-refractivity contribution in [2.45, 2.75) is 46.1 Å². The summed E-state index contributed by atoms with van der Waals surface area (Å²) < 4.78 is 5.44. The van der Waals surface area contributed by atoms with Gasteiger partial charge in [0.2, 0.25) is 0 Å². The summed E-state index contributed by atoms with van der Waals surface area (Å²) in [6, 6.07) is 8.14. The maximum atomic E-state index is 11.4. The summed E-state index contributed by atoms with van der Waals surface area (Å²) in [5, 5.41) is 0. The van der Waals surface area contributed by atoms with Crippen molar-refractivity contribution in [3.05, 3.63) is 35.4 Å². The first-order valence-electron chi connectivity index (χ1n) is 5.93. The highest BCUT2D eigenvalue weighted by Crippen LogP contribution is 2.22. The molecule has 1 rings (SSSR count). The highest BCUT2D eigenvalue weighted by molar-refractivity contribution is 5.69. The van der Waals surface area contributed by atoms with Gasteiger partial charge in [-0.15, -0.1) is 0 Å². The fraction of sp³-hybridized carbons (Fsp3) is 0.500. The van der Waals surface area contributed by atoms with Gasteiger partial charge in [-0.3, -0.25) is 4.79 Å². The molecule has 0 amide bonds. The Balaban J connectivity index is 2.70. The quantitative estimate of drug-likeness (QED) is 0.706. The van der Waals surface area contributed by atoms with E-state index in [4.69, 9.17) is 4.74 Å². The Morgan fingerprint density at radius 2 is 2.12 bits per heavy atom. The van der Waals surface area contributed by atoms with Gasteiger partial charge in [0.25, 0.3) is 0 Å². The minimum absolute atomic E-state index is 0.0982. The van der Waals surface area contributed by atoms with E-state index in [0.29, 0.717) is 6.42 Å². The summed E-state index contributed by atoms with van der Waals surface area (Å²) >= 11 is 0. The molecular weight excluding hydrogens is 200 g/mol. The molecule has 16 heavy (non-hydrogen) atoms. The van der Waals surface area contributed by atoms with Crippen LogP contribution in [0.15, 0.2) is 24.3 Å². The molecule has 2 heteroatoms. The van der Waals surface area contributed by atoms with E-state index >= 15 is 0 Å². The van der Waals surface area contributed by atoms with Crippen LogP contribution in [0, 0.1) is 6.92 Å². The van der Waals surface area contributed by atoms with Crippen molar-refractivity contribution in [3.63, 3.8) is 0 Å². The Hall–Kier alpha value is -1.31. The van der Waals surface area contributed by atoms with Gasteiger partial charge in [0.15, 0.2) is 0 Å². The van der Waals surface area contributed by atoms with Gasteiger partial charge in [-0.25, -0.2) is 0 Å². The third-order valence-electron chi connectivity index (χ3n) is 2.51. The first-order valence-corrected chi connectivity index (χ1v) is 5.93. The molecule has 1 atom stereocenters. The van der Waals surface area contributed by atoms with Crippen molar-refractivity contribution in [1.82, 2.24) is 0 Å². The molecule has 0 aliphatic heterocycles. The van der Waals surface area contributed by atoms with Crippen LogP contribution in [-0.2, 0) is 9.53 Å². The highest BCUT2D eigenvalue weighted by atomic mass is 16.5. The Kier molecular flexibility index (Phi) is 5.03. The number of carbonyl (C=O) groups excluding carboxylic acids is 1. The standard InChI is InChI=1S/C14H20O2/c1-4-7-14(15)16-13(5-2)12-9-6-8-11(3)10-12/h6,8-10,13H,4-5,7H2,1-3H3. The van der Waals surface area contributed by atoms with Crippen molar-refractivity contribution in [1.29, 1.82) is 0 Å². The summed E-state index contributed by atoms with van der Waals surface area (Å²) in [5.74, 6) is -0.101. The van der Waals surface area contributed by atoms with Gasteiger partial charge in [-0.1, -0.05) is 43.7 Å². The van der Waals surface area contributed by atoms with Crippen molar-refractivity contribution in [2.75, 3.05) is 0 Å². The average Bonchev–Trinajstić information content (AvgIpc) is 2.26. The zero-order valence-corrected chi connectivity index (χ0v) is 10.3. The largest absolute Gasteiger partial charge is 0.457 e. The monoisotopic (exact) mass is 220 g/mol. The van der Waals surface area contributed by atoms with Gasteiger partial charge in [-0.05, 0) is 25.3 Å². The van der Waals surface area contributed by atoms with Crippen LogP contribution in [0.2, 0.25) is 0 Å². The minimum atomic E-state index is -0.101. The number of hydrogen-bond donors (Lipinski definition) is 0. The summed E-state index contributed by atoms with van der Waals surface area (Å²) in [4.78, 5) is 11.4. The number of rotatable bonds is 5. The predicted molar refractivity (Wildman–Crippen MR) is 65.2 cm³/mol. The second-order valence-corrected chi connectivity index (χ2v) is 4.05. The van der Waals surface area contributed by atoms with Crippen LogP contribution in [0.1, 0.15) is 50.3 Å². The second kappa shape index (κ2) is 6.31. The molecule has 1 aromatic carbocycles. The number of carbonyl (C=O) groups is 1. The molecule has 0 aliphatic rings. The lowest BCUT2D eigenvalue weighted by atomic mass is 10.0.